The maximum absolute atomic E-state index is 12.6. The van der Waals surface area contributed by atoms with Gasteiger partial charge in [-0.05, 0) is 49.1 Å². The normalized spacial score (nSPS) is 11.3. The lowest BCUT2D eigenvalue weighted by molar-refractivity contribution is -0.123. The molecule has 0 heterocycles. The summed E-state index contributed by atoms with van der Waals surface area (Å²) in [4.78, 5) is 37.6. The summed E-state index contributed by atoms with van der Waals surface area (Å²) >= 11 is 1.56. The number of nitrogens with one attached hydrogen (secondary N) is 3. The van der Waals surface area contributed by atoms with E-state index in [4.69, 9.17) is 4.74 Å². The maximum Gasteiger partial charge on any atom is 0.269 e. The highest BCUT2D eigenvalue weighted by molar-refractivity contribution is 7.98. The first kappa shape index (κ1) is 22.3. The van der Waals surface area contributed by atoms with E-state index < -0.39 is 23.8 Å². The van der Waals surface area contributed by atoms with Gasteiger partial charge in [-0.25, -0.2) is 0 Å². The van der Waals surface area contributed by atoms with Crippen LogP contribution < -0.4 is 20.9 Å². The number of hydrazine groups is 1. The van der Waals surface area contributed by atoms with E-state index in [9.17, 15) is 14.4 Å². The number of carbonyl (C=O) groups is 3. The highest BCUT2D eigenvalue weighted by Gasteiger charge is 2.23. The number of hydrogen-bond donors (Lipinski definition) is 3. The zero-order chi connectivity index (χ0) is 21.2. The Kier molecular flexibility index (Phi) is 8.54. The molecule has 154 valence electrons. The lowest BCUT2D eigenvalue weighted by atomic mass is 10.1. The molecular formula is C21H25N3O4S. The molecule has 8 heteroatoms. The summed E-state index contributed by atoms with van der Waals surface area (Å²) in [6.07, 6.45) is 2.32. The van der Waals surface area contributed by atoms with E-state index in [0.29, 0.717) is 29.1 Å². The molecule has 3 amide bonds. The van der Waals surface area contributed by atoms with Crippen molar-refractivity contribution in [3.05, 3.63) is 65.2 Å². The Morgan fingerprint density at radius 3 is 2.28 bits per heavy atom. The third-order valence-electron chi connectivity index (χ3n) is 4.27. The predicted octanol–water partition coefficient (Wildman–Crippen LogP) is 2.32. The number of aryl methyl sites for hydroxylation is 1. The first-order chi connectivity index (χ1) is 14.0. The van der Waals surface area contributed by atoms with Crippen LogP contribution in [0.4, 0.5) is 0 Å². The zero-order valence-electron chi connectivity index (χ0n) is 16.7. The Labute approximate surface area is 174 Å². The minimum atomic E-state index is -0.808. The van der Waals surface area contributed by atoms with E-state index in [-0.39, 0.29) is 0 Å². The van der Waals surface area contributed by atoms with Gasteiger partial charge >= 0.3 is 0 Å². The first-order valence-corrected chi connectivity index (χ1v) is 10.5. The zero-order valence-corrected chi connectivity index (χ0v) is 17.5. The predicted molar refractivity (Wildman–Crippen MR) is 114 cm³/mol. The molecule has 0 saturated carbocycles. The number of hydrogen-bond acceptors (Lipinski definition) is 5. The fraction of sp³-hybridized carbons (Fsp3) is 0.286. The number of carbonyl (C=O) groups excluding carboxylic acids is 3. The van der Waals surface area contributed by atoms with Crippen LogP contribution in [0.3, 0.4) is 0 Å². The van der Waals surface area contributed by atoms with Crippen molar-refractivity contribution >= 4 is 29.5 Å². The van der Waals surface area contributed by atoms with E-state index in [1.165, 1.54) is 7.11 Å². The lowest BCUT2D eigenvalue weighted by Crippen LogP contribution is -2.52. The summed E-state index contributed by atoms with van der Waals surface area (Å²) in [6, 6.07) is 13.0. The molecule has 0 bridgehead atoms. The Balaban J connectivity index is 2.04. The summed E-state index contributed by atoms with van der Waals surface area (Å²) in [5.74, 6) is -0.257. The minimum Gasteiger partial charge on any atom is -0.496 e. The van der Waals surface area contributed by atoms with E-state index in [1.54, 1.807) is 48.2 Å². The molecule has 0 fully saturated rings. The van der Waals surface area contributed by atoms with Crippen molar-refractivity contribution in [2.24, 2.45) is 0 Å². The number of ether oxygens (including phenoxy) is 1. The first-order valence-electron chi connectivity index (χ1n) is 9.06. The van der Waals surface area contributed by atoms with Crippen molar-refractivity contribution in [2.75, 3.05) is 19.1 Å². The SMILES string of the molecule is COc1ccccc1C(=O)N[C@H](CCSC)C(=O)NNC(=O)c1ccccc1C. The van der Waals surface area contributed by atoms with Crippen LogP contribution in [0.2, 0.25) is 0 Å². The van der Waals surface area contributed by atoms with Crippen LogP contribution in [0, 0.1) is 6.92 Å². The van der Waals surface area contributed by atoms with E-state index in [1.807, 2.05) is 25.3 Å². The van der Waals surface area contributed by atoms with Gasteiger partial charge in [0.05, 0.1) is 12.7 Å². The molecular weight excluding hydrogens is 390 g/mol. The third-order valence-corrected chi connectivity index (χ3v) is 4.92. The molecule has 0 aromatic heterocycles. The fourth-order valence-electron chi connectivity index (χ4n) is 2.67. The molecule has 0 radical (unpaired) electrons. The number of amides is 3. The molecule has 0 unspecified atom stereocenters. The molecule has 29 heavy (non-hydrogen) atoms. The van der Waals surface area contributed by atoms with E-state index in [2.05, 4.69) is 16.2 Å². The van der Waals surface area contributed by atoms with Gasteiger partial charge in [-0.1, -0.05) is 30.3 Å². The average molecular weight is 416 g/mol. The summed E-state index contributed by atoms with van der Waals surface area (Å²) < 4.78 is 5.21. The summed E-state index contributed by atoms with van der Waals surface area (Å²) in [5.41, 5.74) is 6.41. The molecule has 1 atom stereocenters. The molecule has 2 rings (SSSR count). The topological polar surface area (TPSA) is 96.5 Å². The van der Waals surface area contributed by atoms with Crippen LogP contribution in [0.1, 0.15) is 32.7 Å². The van der Waals surface area contributed by atoms with Gasteiger partial charge < -0.3 is 10.1 Å². The third kappa shape index (κ3) is 6.25. The monoisotopic (exact) mass is 415 g/mol. The summed E-state index contributed by atoms with van der Waals surface area (Å²) in [6.45, 7) is 1.81. The average Bonchev–Trinajstić information content (AvgIpc) is 2.74. The molecule has 7 nitrogen and oxygen atoms in total. The van der Waals surface area contributed by atoms with Gasteiger partial charge in [0.15, 0.2) is 0 Å². The van der Waals surface area contributed by atoms with Crippen molar-refractivity contribution < 1.29 is 19.1 Å². The van der Waals surface area contributed by atoms with Gasteiger partial charge in [-0.3, -0.25) is 25.2 Å². The van der Waals surface area contributed by atoms with Crippen LogP contribution in [-0.4, -0.2) is 42.9 Å². The maximum atomic E-state index is 12.6. The largest absolute Gasteiger partial charge is 0.496 e. The molecule has 3 N–H and O–H groups in total. The van der Waals surface area contributed by atoms with Gasteiger partial charge in [0, 0.05) is 5.56 Å². The Morgan fingerprint density at radius 2 is 1.62 bits per heavy atom. The second kappa shape index (κ2) is 11.1. The highest BCUT2D eigenvalue weighted by atomic mass is 32.2. The van der Waals surface area contributed by atoms with Crippen LogP contribution in [0.15, 0.2) is 48.5 Å². The van der Waals surface area contributed by atoms with Gasteiger partial charge in [-0.2, -0.15) is 11.8 Å². The van der Waals surface area contributed by atoms with Crippen molar-refractivity contribution in [1.82, 2.24) is 16.2 Å². The van der Waals surface area contributed by atoms with Crippen LogP contribution in [0.25, 0.3) is 0 Å². The quantitative estimate of drug-likeness (QED) is 0.575. The summed E-state index contributed by atoms with van der Waals surface area (Å²) in [5, 5.41) is 2.72. The molecule has 0 aliphatic rings. The van der Waals surface area contributed by atoms with Crippen molar-refractivity contribution in [3.63, 3.8) is 0 Å². The van der Waals surface area contributed by atoms with Crippen molar-refractivity contribution in [2.45, 2.75) is 19.4 Å². The molecule has 0 aliphatic heterocycles. The minimum absolute atomic E-state index is 0.334. The fourth-order valence-corrected chi connectivity index (χ4v) is 3.14. The summed E-state index contributed by atoms with van der Waals surface area (Å²) in [7, 11) is 1.48. The smallest absolute Gasteiger partial charge is 0.269 e. The lowest BCUT2D eigenvalue weighted by Gasteiger charge is -2.19. The van der Waals surface area contributed by atoms with Crippen LogP contribution in [-0.2, 0) is 4.79 Å². The number of rotatable bonds is 8. The Morgan fingerprint density at radius 1 is 0.966 bits per heavy atom. The molecule has 0 saturated heterocycles. The number of thioether (sulfide) groups is 1. The second-order valence-corrected chi connectivity index (χ2v) is 7.25. The molecule has 2 aromatic carbocycles. The molecule has 0 aliphatic carbocycles. The highest BCUT2D eigenvalue weighted by Crippen LogP contribution is 2.17. The van der Waals surface area contributed by atoms with Gasteiger partial charge in [0.2, 0.25) is 0 Å². The van der Waals surface area contributed by atoms with Gasteiger partial charge in [0.25, 0.3) is 17.7 Å². The van der Waals surface area contributed by atoms with Crippen LogP contribution in [0.5, 0.6) is 5.75 Å². The Hall–Kier alpha value is -3.00. The Bertz CT molecular complexity index is 873. The van der Waals surface area contributed by atoms with E-state index in [0.717, 1.165) is 5.56 Å². The van der Waals surface area contributed by atoms with Crippen molar-refractivity contribution in [3.8, 4) is 5.75 Å². The second-order valence-electron chi connectivity index (χ2n) is 6.27. The number of methoxy groups -OCH3 is 1. The van der Waals surface area contributed by atoms with Crippen LogP contribution >= 0.6 is 11.8 Å². The number of para-hydroxylation sites is 1. The van der Waals surface area contributed by atoms with E-state index >= 15 is 0 Å². The van der Waals surface area contributed by atoms with Gasteiger partial charge in [-0.15, -0.1) is 0 Å². The number of benzene rings is 2. The molecule has 0 spiro atoms. The van der Waals surface area contributed by atoms with Crippen molar-refractivity contribution in [1.29, 1.82) is 0 Å². The van der Waals surface area contributed by atoms with Gasteiger partial charge in [0.1, 0.15) is 11.8 Å². The standard InChI is InChI=1S/C21H25N3O4S/c1-14-8-4-5-9-15(14)20(26)23-24-21(27)17(12-13-29-3)22-19(25)16-10-6-7-11-18(16)28-2/h4-11,17H,12-13H2,1-3H3,(H,22,25)(H,23,26)(H,24,27)/t17-/m1/s1. The molecule has 2 aromatic rings.